The third kappa shape index (κ3) is 4.71. The molecule has 0 aliphatic carbocycles. The third-order valence-electron chi connectivity index (χ3n) is 4.46. The second-order valence-electron chi connectivity index (χ2n) is 6.52. The van der Waals surface area contributed by atoms with Gasteiger partial charge in [-0.1, -0.05) is 36.4 Å². The Balaban J connectivity index is 1.50. The van der Waals surface area contributed by atoms with Crippen molar-refractivity contribution in [1.29, 1.82) is 0 Å². The van der Waals surface area contributed by atoms with Gasteiger partial charge in [0, 0.05) is 30.2 Å². The lowest BCUT2D eigenvalue weighted by atomic mass is 10.1. The molecule has 144 valence electrons. The molecule has 28 heavy (non-hydrogen) atoms. The molecule has 4 nitrogen and oxygen atoms in total. The maximum atomic E-state index is 13.8. The summed E-state index contributed by atoms with van der Waals surface area (Å²) in [7, 11) is 0. The van der Waals surface area contributed by atoms with Crippen LogP contribution in [-0.4, -0.2) is 18.4 Å². The molecule has 0 saturated heterocycles. The van der Waals surface area contributed by atoms with E-state index in [2.05, 4.69) is 10.6 Å². The first-order valence-electron chi connectivity index (χ1n) is 8.95. The first-order valence-corrected chi connectivity index (χ1v) is 8.95. The summed E-state index contributed by atoms with van der Waals surface area (Å²) in [4.78, 5) is 24.3. The van der Waals surface area contributed by atoms with Gasteiger partial charge in [0.25, 0.3) is 5.91 Å². The van der Waals surface area contributed by atoms with Crippen LogP contribution in [0.5, 0.6) is 0 Å². The largest absolute Gasteiger partial charge is 0.352 e. The molecule has 1 unspecified atom stereocenters. The van der Waals surface area contributed by atoms with Crippen molar-refractivity contribution < 1.29 is 18.4 Å². The highest BCUT2D eigenvalue weighted by atomic mass is 19.1. The highest BCUT2D eigenvalue weighted by Crippen LogP contribution is 2.18. The van der Waals surface area contributed by atoms with Gasteiger partial charge >= 0.3 is 0 Å². The molecular weight excluding hydrogens is 362 g/mol. The minimum Gasteiger partial charge on any atom is -0.352 e. The highest BCUT2D eigenvalue weighted by molar-refractivity contribution is 5.98. The van der Waals surface area contributed by atoms with Gasteiger partial charge in [0.05, 0.1) is 6.04 Å². The van der Waals surface area contributed by atoms with Gasteiger partial charge in [-0.25, -0.2) is 8.78 Å². The average Bonchev–Trinajstić information content (AvgIpc) is 2.67. The van der Waals surface area contributed by atoms with Crippen molar-refractivity contribution in [2.24, 2.45) is 0 Å². The van der Waals surface area contributed by atoms with Crippen LogP contribution in [0.15, 0.2) is 60.7 Å². The van der Waals surface area contributed by atoms with Gasteiger partial charge in [-0.15, -0.1) is 0 Å². The number of fused-ring (bicyclic) bond motifs is 1. The van der Waals surface area contributed by atoms with Crippen molar-refractivity contribution in [2.75, 3.05) is 6.54 Å². The predicted molar refractivity (Wildman–Crippen MR) is 104 cm³/mol. The van der Waals surface area contributed by atoms with Crippen LogP contribution in [-0.2, 0) is 4.79 Å². The van der Waals surface area contributed by atoms with Gasteiger partial charge in [-0.2, -0.15) is 0 Å². The highest BCUT2D eigenvalue weighted by Gasteiger charge is 2.14. The standard InChI is InChI=1S/C22H20F2N2O2/c1-14(19-9-8-18(23)13-20(19)24)26-21(27)10-11-25-22(28)17-7-6-15-4-2-3-5-16(15)12-17/h2-9,12-14H,10-11H2,1H3,(H,25,28)(H,26,27). The van der Waals surface area contributed by atoms with E-state index in [0.717, 1.165) is 22.9 Å². The molecule has 0 radical (unpaired) electrons. The van der Waals surface area contributed by atoms with Crippen LogP contribution in [0.3, 0.4) is 0 Å². The van der Waals surface area contributed by atoms with Gasteiger partial charge < -0.3 is 10.6 Å². The molecular formula is C22H20F2N2O2. The van der Waals surface area contributed by atoms with Crippen molar-refractivity contribution in [3.8, 4) is 0 Å². The summed E-state index contributed by atoms with van der Waals surface area (Å²) in [6.45, 7) is 1.76. The number of halogens is 2. The Morgan fingerprint density at radius 3 is 2.46 bits per heavy atom. The fourth-order valence-electron chi connectivity index (χ4n) is 2.97. The zero-order valence-corrected chi connectivity index (χ0v) is 15.3. The van der Waals surface area contributed by atoms with Crippen molar-refractivity contribution in [3.05, 3.63) is 83.4 Å². The van der Waals surface area contributed by atoms with Gasteiger partial charge in [0.1, 0.15) is 11.6 Å². The van der Waals surface area contributed by atoms with Crippen LogP contribution in [0.2, 0.25) is 0 Å². The van der Waals surface area contributed by atoms with E-state index in [9.17, 15) is 18.4 Å². The van der Waals surface area contributed by atoms with Crippen molar-refractivity contribution in [3.63, 3.8) is 0 Å². The Morgan fingerprint density at radius 1 is 0.964 bits per heavy atom. The van der Waals surface area contributed by atoms with E-state index < -0.39 is 17.7 Å². The van der Waals surface area contributed by atoms with E-state index in [1.807, 2.05) is 30.3 Å². The van der Waals surface area contributed by atoms with Crippen LogP contribution < -0.4 is 10.6 Å². The number of hydrogen-bond acceptors (Lipinski definition) is 2. The number of benzene rings is 3. The Hall–Kier alpha value is -3.28. The molecule has 0 aromatic heterocycles. The lowest BCUT2D eigenvalue weighted by Crippen LogP contribution is -2.32. The van der Waals surface area contributed by atoms with Crippen molar-refractivity contribution in [2.45, 2.75) is 19.4 Å². The Bertz CT molecular complexity index is 1020. The zero-order chi connectivity index (χ0) is 20.1. The van der Waals surface area contributed by atoms with Crippen LogP contribution in [0.25, 0.3) is 10.8 Å². The molecule has 0 heterocycles. The molecule has 3 rings (SSSR count). The summed E-state index contributed by atoms with van der Waals surface area (Å²) in [5, 5.41) is 7.35. The summed E-state index contributed by atoms with van der Waals surface area (Å²) in [6, 6.07) is 15.7. The second kappa shape index (κ2) is 8.61. The molecule has 0 fully saturated rings. The third-order valence-corrected chi connectivity index (χ3v) is 4.46. The molecule has 0 bridgehead atoms. The van der Waals surface area contributed by atoms with E-state index in [1.165, 1.54) is 6.07 Å². The maximum absolute atomic E-state index is 13.8. The number of carbonyl (C=O) groups is 2. The monoisotopic (exact) mass is 382 g/mol. The summed E-state index contributed by atoms with van der Waals surface area (Å²) < 4.78 is 26.7. The van der Waals surface area contributed by atoms with Crippen molar-refractivity contribution in [1.82, 2.24) is 10.6 Å². The zero-order valence-electron chi connectivity index (χ0n) is 15.3. The lowest BCUT2D eigenvalue weighted by Gasteiger charge is -2.15. The number of hydrogen-bond donors (Lipinski definition) is 2. The molecule has 2 amide bonds. The fraction of sp³-hybridized carbons (Fsp3) is 0.182. The van der Waals surface area contributed by atoms with E-state index in [-0.39, 0.29) is 30.3 Å². The number of carbonyl (C=O) groups excluding carboxylic acids is 2. The summed E-state index contributed by atoms with van der Waals surface area (Å²) in [5.74, 6) is -1.99. The van der Waals surface area contributed by atoms with Crippen LogP contribution >= 0.6 is 0 Å². The normalized spacial score (nSPS) is 11.8. The van der Waals surface area contributed by atoms with Gasteiger partial charge in [-0.3, -0.25) is 9.59 Å². The summed E-state index contributed by atoms with van der Waals surface area (Å²) in [6.07, 6.45) is 0.0481. The molecule has 0 aliphatic heterocycles. The molecule has 3 aromatic rings. The van der Waals surface area contributed by atoms with Crippen LogP contribution in [0.4, 0.5) is 8.78 Å². The Labute approximate surface area is 161 Å². The number of amides is 2. The smallest absolute Gasteiger partial charge is 0.251 e. The molecule has 1 atom stereocenters. The minimum absolute atomic E-state index is 0.0481. The van der Waals surface area contributed by atoms with Gasteiger partial charge in [0.2, 0.25) is 5.91 Å². The number of rotatable bonds is 6. The van der Waals surface area contributed by atoms with E-state index in [4.69, 9.17) is 0 Å². The molecule has 0 saturated carbocycles. The average molecular weight is 382 g/mol. The molecule has 2 N–H and O–H groups in total. The molecule has 0 aliphatic rings. The number of nitrogens with one attached hydrogen (secondary N) is 2. The summed E-state index contributed by atoms with van der Waals surface area (Å²) in [5.41, 5.74) is 0.718. The predicted octanol–water partition coefficient (Wildman–Crippen LogP) is 4.12. The SMILES string of the molecule is CC(NC(=O)CCNC(=O)c1ccc2ccccc2c1)c1ccc(F)cc1F. The minimum atomic E-state index is -0.711. The van der Waals surface area contributed by atoms with E-state index >= 15 is 0 Å². The van der Waals surface area contributed by atoms with Gasteiger partial charge in [0.15, 0.2) is 0 Å². The quantitative estimate of drug-likeness (QED) is 0.674. The van der Waals surface area contributed by atoms with Crippen LogP contribution in [0, 0.1) is 11.6 Å². The fourth-order valence-corrected chi connectivity index (χ4v) is 2.97. The van der Waals surface area contributed by atoms with E-state index in [0.29, 0.717) is 5.56 Å². The second-order valence-corrected chi connectivity index (χ2v) is 6.52. The molecule has 6 heteroatoms. The lowest BCUT2D eigenvalue weighted by molar-refractivity contribution is -0.121. The van der Waals surface area contributed by atoms with Crippen LogP contribution in [0.1, 0.15) is 35.3 Å². The molecule has 3 aromatic carbocycles. The first-order chi connectivity index (χ1) is 13.4. The Kier molecular flexibility index (Phi) is 5.99. The summed E-state index contributed by atoms with van der Waals surface area (Å²) >= 11 is 0. The van der Waals surface area contributed by atoms with E-state index in [1.54, 1.807) is 19.1 Å². The first kappa shape index (κ1) is 19.5. The maximum Gasteiger partial charge on any atom is 0.251 e. The topological polar surface area (TPSA) is 58.2 Å². The van der Waals surface area contributed by atoms with Crippen molar-refractivity contribution >= 4 is 22.6 Å². The molecule has 0 spiro atoms. The Morgan fingerprint density at radius 2 is 1.71 bits per heavy atom. The van der Waals surface area contributed by atoms with Gasteiger partial charge in [-0.05, 0) is 35.9 Å².